The highest BCUT2D eigenvalue weighted by molar-refractivity contribution is 6.77. The molecule has 0 radical (unpaired) electrons. The summed E-state index contributed by atoms with van der Waals surface area (Å²) in [6.07, 6.45) is 8.78. The molecule has 0 bridgehead atoms. The summed E-state index contributed by atoms with van der Waals surface area (Å²) in [4.78, 5) is 29.1. The molecule has 200 valence electrons. The van der Waals surface area contributed by atoms with Crippen LogP contribution in [0.15, 0.2) is 23.5 Å². The van der Waals surface area contributed by atoms with Crippen molar-refractivity contribution in [2.75, 3.05) is 6.54 Å². The first-order valence-corrected chi connectivity index (χ1v) is 16.5. The van der Waals surface area contributed by atoms with E-state index in [-0.39, 0.29) is 29.5 Å². The molecule has 1 saturated carbocycles. The van der Waals surface area contributed by atoms with Crippen LogP contribution in [0.2, 0.25) is 16.6 Å². The lowest BCUT2D eigenvalue weighted by atomic mass is 9.64. The Morgan fingerprint density at radius 2 is 1.69 bits per heavy atom. The summed E-state index contributed by atoms with van der Waals surface area (Å²) in [5.74, 6) is -0.0776. The van der Waals surface area contributed by atoms with E-state index >= 15 is 0 Å². The molecule has 3 aliphatic heterocycles. The molecule has 0 unspecified atom stereocenters. The Bertz CT molecular complexity index is 964. The first kappa shape index (κ1) is 26.0. The Balaban J connectivity index is 1.63. The Morgan fingerprint density at radius 1 is 1.06 bits per heavy atom. The third-order valence-corrected chi connectivity index (χ3v) is 16.5. The molecule has 1 amide bonds. The van der Waals surface area contributed by atoms with E-state index in [9.17, 15) is 14.7 Å². The van der Waals surface area contributed by atoms with Gasteiger partial charge in [0.1, 0.15) is 17.3 Å². The van der Waals surface area contributed by atoms with Crippen LogP contribution in [0.25, 0.3) is 0 Å². The van der Waals surface area contributed by atoms with Crippen molar-refractivity contribution >= 4 is 20.2 Å². The summed E-state index contributed by atoms with van der Waals surface area (Å²) in [6, 6.07) is 0. The number of allylic oxidation sites excluding steroid dienone is 3. The molecule has 1 N–H and O–H groups in total. The number of carbonyl (C=O) groups is 2. The zero-order chi connectivity index (χ0) is 26.2. The lowest BCUT2D eigenvalue weighted by molar-refractivity contribution is -0.143. The topological polar surface area (TPSA) is 76.1 Å². The highest BCUT2D eigenvalue weighted by Gasteiger charge is 2.75. The third-order valence-electron chi connectivity index (χ3n) is 10.4. The fourth-order valence-electron chi connectivity index (χ4n) is 8.90. The largest absolute Gasteiger partial charge is 0.511 e. The van der Waals surface area contributed by atoms with Gasteiger partial charge in [-0.05, 0) is 53.6 Å². The van der Waals surface area contributed by atoms with Crippen molar-refractivity contribution in [1.82, 2.24) is 4.90 Å². The molecule has 3 saturated heterocycles. The molecule has 3 heterocycles. The number of esters is 1. The SMILES string of the molecule is CC(C)[Si](O[C@@]12[C@H]3CCN1C(=O)/C(=C(\O)[C@H]1[C@@H]4CCCC[C@H]4C=C[C@H]1C)[C@@H]2OC3=O)(C(C)C)C(C)C. The van der Waals surface area contributed by atoms with E-state index in [0.717, 1.165) is 19.3 Å². The number of carbonyl (C=O) groups excluding carboxylic acids is 2. The van der Waals surface area contributed by atoms with Gasteiger partial charge in [0.15, 0.2) is 11.8 Å². The van der Waals surface area contributed by atoms with Crippen LogP contribution in [0.5, 0.6) is 0 Å². The average molecular weight is 516 g/mol. The van der Waals surface area contributed by atoms with E-state index in [1.54, 1.807) is 4.90 Å². The molecular weight excluding hydrogens is 470 g/mol. The van der Waals surface area contributed by atoms with Crippen LogP contribution < -0.4 is 0 Å². The smallest absolute Gasteiger partial charge is 0.314 e. The lowest BCUT2D eigenvalue weighted by Crippen LogP contribution is -2.61. The first-order valence-electron chi connectivity index (χ1n) is 14.3. The van der Waals surface area contributed by atoms with E-state index in [4.69, 9.17) is 9.16 Å². The van der Waals surface area contributed by atoms with Gasteiger partial charge in [-0.2, -0.15) is 0 Å². The fraction of sp³-hybridized carbons (Fsp3) is 0.793. The van der Waals surface area contributed by atoms with Gasteiger partial charge in [0.05, 0.1) is 0 Å². The van der Waals surface area contributed by atoms with Gasteiger partial charge in [0.2, 0.25) is 8.32 Å². The summed E-state index contributed by atoms with van der Waals surface area (Å²) in [7, 11) is -2.48. The quantitative estimate of drug-likeness (QED) is 0.152. The summed E-state index contributed by atoms with van der Waals surface area (Å²) in [5.41, 5.74) is 0.0646. The molecule has 2 aliphatic carbocycles. The second-order valence-corrected chi connectivity index (χ2v) is 18.3. The van der Waals surface area contributed by atoms with Gasteiger partial charge in [0, 0.05) is 12.5 Å². The molecule has 0 spiro atoms. The van der Waals surface area contributed by atoms with Gasteiger partial charge in [-0.1, -0.05) is 73.5 Å². The molecule has 5 rings (SSSR count). The molecule has 36 heavy (non-hydrogen) atoms. The third kappa shape index (κ3) is 3.37. The van der Waals surface area contributed by atoms with Crippen LogP contribution in [0, 0.1) is 29.6 Å². The van der Waals surface area contributed by atoms with Crippen LogP contribution in [0.3, 0.4) is 0 Å². The van der Waals surface area contributed by atoms with Crippen molar-refractivity contribution in [1.29, 1.82) is 0 Å². The van der Waals surface area contributed by atoms with E-state index in [0.29, 0.717) is 47.0 Å². The number of aliphatic hydroxyl groups is 1. The van der Waals surface area contributed by atoms with Gasteiger partial charge in [0.25, 0.3) is 5.91 Å². The Morgan fingerprint density at radius 3 is 2.33 bits per heavy atom. The van der Waals surface area contributed by atoms with E-state index in [1.165, 1.54) is 6.42 Å². The van der Waals surface area contributed by atoms with Crippen molar-refractivity contribution in [3.05, 3.63) is 23.5 Å². The number of nitrogens with zero attached hydrogens (tertiary/aromatic N) is 1. The normalized spacial score (nSPS) is 39.3. The predicted octanol–water partition coefficient (Wildman–Crippen LogP) is 6.10. The van der Waals surface area contributed by atoms with Gasteiger partial charge in [-0.15, -0.1) is 0 Å². The predicted molar refractivity (Wildman–Crippen MR) is 141 cm³/mol. The number of aliphatic hydroxyl groups excluding tert-OH is 1. The first-order chi connectivity index (χ1) is 17.0. The van der Waals surface area contributed by atoms with Crippen LogP contribution >= 0.6 is 0 Å². The van der Waals surface area contributed by atoms with Crippen LogP contribution in [-0.4, -0.2) is 48.6 Å². The molecule has 7 heteroatoms. The summed E-state index contributed by atoms with van der Waals surface area (Å²) >= 11 is 0. The molecule has 7 atom stereocenters. The molecule has 0 aromatic carbocycles. The molecule has 4 fully saturated rings. The van der Waals surface area contributed by atoms with E-state index in [1.807, 2.05) is 0 Å². The lowest BCUT2D eigenvalue weighted by Gasteiger charge is -2.49. The summed E-state index contributed by atoms with van der Waals surface area (Å²) < 4.78 is 13.4. The van der Waals surface area contributed by atoms with Crippen LogP contribution in [0.4, 0.5) is 0 Å². The zero-order valence-electron chi connectivity index (χ0n) is 23.1. The zero-order valence-corrected chi connectivity index (χ0v) is 24.1. The molecule has 0 aromatic heterocycles. The van der Waals surface area contributed by atoms with Crippen molar-refractivity contribution in [2.24, 2.45) is 29.6 Å². The Hall–Kier alpha value is -1.60. The minimum Gasteiger partial charge on any atom is -0.511 e. The maximum atomic E-state index is 14.1. The van der Waals surface area contributed by atoms with Crippen molar-refractivity contribution in [3.63, 3.8) is 0 Å². The Labute approximate surface area is 217 Å². The highest BCUT2D eigenvalue weighted by Crippen LogP contribution is 2.59. The number of rotatable bonds is 6. The number of hydrogen-bond acceptors (Lipinski definition) is 5. The van der Waals surface area contributed by atoms with Crippen molar-refractivity contribution in [3.8, 4) is 0 Å². The summed E-state index contributed by atoms with van der Waals surface area (Å²) in [5, 5.41) is 11.9. The molecule has 0 aromatic rings. The average Bonchev–Trinajstić information content (AvgIpc) is 3.40. The second kappa shape index (κ2) is 9.00. The minimum absolute atomic E-state index is 0.125. The van der Waals surface area contributed by atoms with Gasteiger partial charge >= 0.3 is 5.97 Å². The summed E-state index contributed by atoms with van der Waals surface area (Å²) in [6.45, 7) is 15.9. The number of fused-ring (bicyclic) bond motifs is 1. The molecule has 5 aliphatic rings. The Kier molecular flexibility index (Phi) is 6.51. The van der Waals surface area contributed by atoms with Crippen LogP contribution in [0.1, 0.15) is 80.6 Å². The van der Waals surface area contributed by atoms with Gasteiger partial charge < -0.3 is 19.2 Å². The number of amides is 1. The number of hydrogen-bond donors (Lipinski definition) is 1. The van der Waals surface area contributed by atoms with Crippen molar-refractivity contribution < 1.29 is 23.9 Å². The monoisotopic (exact) mass is 515 g/mol. The second-order valence-electron chi connectivity index (χ2n) is 13.0. The van der Waals surface area contributed by atoms with Crippen molar-refractivity contribution in [2.45, 2.75) is 109 Å². The molecule has 6 nitrogen and oxygen atoms in total. The van der Waals surface area contributed by atoms with E-state index in [2.05, 4.69) is 60.6 Å². The standard InChI is InChI=1S/C29H45NO5Si/c1-16(2)36(17(3)4,18(5)6)35-29-22-14-15-30(29)27(32)24(26(29)34-28(22)33)25(31)23-19(7)12-13-20-10-8-9-11-21(20)23/h12-13,16-23,26,31H,8-11,14-15H2,1-7H3/b25-24-/t19-,20+,21-,22+,23-,26+,29-/m1/s1. The fourth-order valence-corrected chi connectivity index (χ4v) is 14.5. The number of ether oxygens (including phenoxy) is 1. The van der Waals surface area contributed by atoms with Gasteiger partial charge in [-0.3, -0.25) is 9.59 Å². The van der Waals surface area contributed by atoms with Gasteiger partial charge in [-0.25, -0.2) is 0 Å². The maximum Gasteiger partial charge on any atom is 0.314 e. The maximum absolute atomic E-state index is 14.1. The van der Waals surface area contributed by atoms with E-state index < -0.39 is 26.1 Å². The highest BCUT2D eigenvalue weighted by atomic mass is 28.4. The molecular formula is C29H45NO5Si. The minimum atomic E-state index is -2.48. The van der Waals surface area contributed by atoms with Crippen LogP contribution in [-0.2, 0) is 18.8 Å².